The highest BCUT2D eigenvalue weighted by Gasteiger charge is 2.46. The number of rotatable bonds is 8. The summed E-state index contributed by atoms with van der Waals surface area (Å²) in [6, 6.07) is 31.8. The second-order valence-electron chi connectivity index (χ2n) is 9.10. The van der Waals surface area contributed by atoms with Crippen molar-refractivity contribution in [3.63, 3.8) is 0 Å². The van der Waals surface area contributed by atoms with Crippen LogP contribution in [-0.4, -0.2) is 18.3 Å². The maximum atomic E-state index is 13.1. The van der Waals surface area contributed by atoms with Gasteiger partial charge >= 0.3 is 5.79 Å². The van der Waals surface area contributed by atoms with Gasteiger partial charge in [0.2, 0.25) is 5.75 Å². The molecule has 5 aromatic rings. The van der Waals surface area contributed by atoms with E-state index in [2.05, 4.69) is 0 Å². The van der Waals surface area contributed by atoms with Crippen LogP contribution in [0.4, 0.5) is 0 Å². The lowest BCUT2D eigenvalue weighted by molar-refractivity contribution is -0.0456. The Labute approximate surface area is 219 Å². The van der Waals surface area contributed by atoms with Gasteiger partial charge in [-0.15, -0.1) is 0 Å². The van der Waals surface area contributed by atoms with Gasteiger partial charge in [-0.3, -0.25) is 4.79 Å². The number of benzene rings is 4. The van der Waals surface area contributed by atoms with E-state index in [0.29, 0.717) is 47.0 Å². The maximum absolute atomic E-state index is 13.1. The van der Waals surface area contributed by atoms with Crippen molar-refractivity contribution in [3.8, 4) is 28.6 Å². The molecule has 0 saturated heterocycles. The molecule has 0 atom stereocenters. The molecule has 6 rings (SSSR count). The van der Waals surface area contributed by atoms with Gasteiger partial charge < -0.3 is 23.7 Å². The molecule has 190 valence electrons. The van der Waals surface area contributed by atoms with Crippen molar-refractivity contribution in [1.82, 2.24) is 0 Å². The van der Waals surface area contributed by atoms with E-state index in [4.69, 9.17) is 23.7 Å². The first-order valence-corrected chi connectivity index (χ1v) is 12.6. The van der Waals surface area contributed by atoms with Gasteiger partial charge in [-0.1, -0.05) is 60.7 Å². The highest BCUT2D eigenvalue weighted by molar-refractivity contribution is 5.87. The molecule has 1 aromatic heterocycles. The Balaban J connectivity index is 1.40. The van der Waals surface area contributed by atoms with Crippen molar-refractivity contribution in [1.29, 1.82) is 0 Å². The molecule has 38 heavy (non-hydrogen) atoms. The number of unbranched alkanes of at least 4 members (excludes halogenated alkanes) is 1. The van der Waals surface area contributed by atoms with E-state index >= 15 is 0 Å². The standard InChI is InChI=1S/C32H26O6/c33-19-7-8-20-35-25-15-13-22(14-16-25)29-21-27(34)26-17-18-28-31(30(26)36-29)38-32(37-28,23-9-3-1-4-10-23)24-11-5-2-6-12-24/h1-6,9-18,21,33H,7-8,19-20H2. The average molecular weight is 507 g/mol. The van der Waals surface area contributed by atoms with Gasteiger partial charge in [0.05, 0.1) is 12.0 Å². The van der Waals surface area contributed by atoms with Crippen LogP contribution in [0.25, 0.3) is 22.3 Å². The van der Waals surface area contributed by atoms with Gasteiger partial charge in [0.25, 0.3) is 0 Å². The van der Waals surface area contributed by atoms with Gasteiger partial charge in [0.15, 0.2) is 16.8 Å². The molecule has 1 aliphatic heterocycles. The quantitative estimate of drug-likeness (QED) is 0.250. The van der Waals surface area contributed by atoms with Crippen LogP contribution >= 0.6 is 0 Å². The Hall–Kier alpha value is -4.55. The smallest absolute Gasteiger partial charge is 0.305 e. The minimum absolute atomic E-state index is 0.152. The third-order valence-electron chi connectivity index (χ3n) is 6.58. The van der Waals surface area contributed by atoms with Crippen LogP contribution in [0.2, 0.25) is 0 Å². The van der Waals surface area contributed by atoms with Crippen LogP contribution in [-0.2, 0) is 5.79 Å². The maximum Gasteiger partial charge on any atom is 0.305 e. The molecule has 0 saturated carbocycles. The fourth-order valence-corrected chi connectivity index (χ4v) is 4.65. The number of hydrogen-bond acceptors (Lipinski definition) is 6. The zero-order valence-corrected chi connectivity index (χ0v) is 20.6. The highest BCUT2D eigenvalue weighted by atomic mass is 16.7. The third-order valence-corrected chi connectivity index (χ3v) is 6.58. The molecule has 6 heteroatoms. The average Bonchev–Trinajstić information content (AvgIpc) is 3.38. The number of fused-ring (bicyclic) bond motifs is 3. The number of aliphatic hydroxyl groups is 1. The summed E-state index contributed by atoms with van der Waals surface area (Å²) in [5, 5.41) is 9.33. The third kappa shape index (κ3) is 4.29. The molecule has 1 aliphatic rings. The summed E-state index contributed by atoms with van der Waals surface area (Å²) in [5.74, 6) is 0.796. The van der Waals surface area contributed by atoms with Gasteiger partial charge in [-0.05, 0) is 49.2 Å². The second-order valence-corrected chi connectivity index (χ2v) is 9.10. The van der Waals surface area contributed by atoms with Crippen LogP contribution in [0, 0.1) is 0 Å². The SMILES string of the molecule is O=c1cc(-c2ccc(OCCCCO)cc2)oc2c3c(ccc12)OC(c1ccccc1)(c1ccccc1)O3. The molecule has 0 radical (unpaired) electrons. The first-order chi connectivity index (χ1) is 18.7. The van der Waals surface area contributed by atoms with E-state index in [9.17, 15) is 4.79 Å². The topological polar surface area (TPSA) is 78.1 Å². The van der Waals surface area contributed by atoms with Crippen LogP contribution in [0.5, 0.6) is 17.2 Å². The van der Waals surface area contributed by atoms with Crippen LogP contribution in [0.15, 0.2) is 112 Å². The Kier molecular flexibility index (Phi) is 6.32. The zero-order valence-electron chi connectivity index (χ0n) is 20.6. The molecule has 0 spiro atoms. The molecular weight excluding hydrogens is 480 g/mol. The van der Waals surface area contributed by atoms with E-state index in [-0.39, 0.29) is 12.0 Å². The summed E-state index contributed by atoms with van der Waals surface area (Å²) in [4.78, 5) is 13.1. The minimum Gasteiger partial charge on any atom is -0.494 e. The van der Waals surface area contributed by atoms with E-state index in [1.807, 2.05) is 84.9 Å². The molecule has 4 aromatic carbocycles. The lowest BCUT2D eigenvalue weighted by Gasteiger charge is -2.28. The normalized spacial score (nSPS) is 13.5. The largest absolute Gasteiger partial charge is 0.494 e. The predicted molar refractivity (Wildman–Crippen MR) is 145 cm³/mol. The second kappa shape index (κ2) is 10.1. The number of ether oxygens (including phenoxy) is 3. The summed E-state index contributed by atoms with van der Waals surface area (Å²) in [5.41, 5.74) is 2.55. The molecule has 0 aliphatic carbocycles. The van der Waals surface area contributed by atoms with Crippen LogP contribution in [0.1, 0.15) is 24.0 Å². The van der Waals surface area contributed by atoms with Crippen molar-refractivity contribution in [2.24, 2.45) is 0 Å². The Morgan fingerprint density at radius 2 is 1.45 bits per heavy atom. The van der Waals surface area contributed by atoms with E-state index in [0.717, 1.165) is 23.1 Å². The lowest BCUT2D eigenvalue weighted by atomic mass is 9.97. The first-order valence-electron chi connectivity index (χ1n) is 12.6. The van der Waals surface area contributed by atoms with E-state index in [1.165, 1.54) is 6.07 Å². The van der Waals surface area contributed by atoms with Crippen molar-refractivity contribution >= 4 is 11.0 Å². The van der Waals surface area contributed by atoms with Crippen molar-refractivity contribution < 1.29 is 23.7 Å². The Morgan fingerprint density at radius 1 is 0.763 bits per heavy atom. The van der Waals surface area contributed by atoms with Gasteiger partial charge in [-0.2, -0.15) is 0 Å². The van der Waals surface area contributed by atoms with Crippen molar-refractivity contribution in [3.05, 3.63) is 124 Å². The summed E-state index contributed by atoms with van der Waals surface area (Å²) < 4.78 is 25.2. The number of hydrogen-bond donors (Lipinski definition) is 1. The molecule has 6 nitrogen and oxygen atoms in total. The van der Waals surface area contributed by atoms with Crippen LogP contribution in [0.3, 0.4) is 0 Å². The van der Waals surface area contributed by atoms with Gasteiger partial charge in [-0.25, -0.2) is 0 Å². The molecule has 0 fully saturated rings. The fourth-order valence-electron chi connectivity index (χ4n) is 4.65. The summed E-state index contributed by atoms with van der Waals surface area (Å²) >= 11 is 0. The molecule has 0 bridgehead atoms. The molecule has 0 amide bonds. The zero-order chi connectivity index (χ0) is 26.0. The lowest BCUT2D eigenvalue weighted by Crippen LogP contribution is -2.36. The van der Waals surface area contributed by atoms with Crippen LogP contribution < -0.4 is 19.6 Å². The summed E-state index contributed by atoms with van der Waals surface area (Å²) in [6.45, 7) is 0.679. The Morgan fingerprint density at radius 3 is 2.11 bits per heavy atom. The molecule has 0 unspecified atom stereocenters. The van der Waals surface area contributed by atoms with Crippen molar-refractivity contribution in [2.45, 2.75) is 18.6 Å². The minimum atomic E-state index is -1.22. The monoisotopic (exact) mass is 506 g/mol. The number of aliphatic hydroxyl groups excluding tert-OH is 1. The fraction of sp³-hybridized carbons (Fsp3) is 0.156. The molecule has 1 N–H and O–H groups in total. The first kappa shape index (κ1) is 23.8. The summed E-state index contributed by atoms with van der Waals surface area (Å²) in [6.07, 6.45) is 1.48. The van der Waals surface area contributed by atoms with Crippen molar-refractivity contribution in [2.75, 3.05) is 13.2 Å². The predicted octanol–water partition coefficient (Wildman–Crippen LogP) is 6.28. The van der Waals surface area contributed by atoms with Gasteiger partial charge in [0.1, 0.15) is 11.5 Å². The molecular formula is C32H26O6. The molecule has 2 heterocycles. The van der Waals surface area contributed by atoms with Gasteiger partial charge in [0, 0.05) is 29.4 Å². The Bertz CT molecular complexity index is 1570. The highest BCUT2D eigenvalue weighted by Crippen LogP contribution is 2.50. The van der Waals surface area contributed by atoms with E-state index < -0.39 is 5.79 Å². The summed E-state index contributed by atoms with van der Waals surface area (Å²) in [7, 11) is 0. The van der Waals surface area contributed by atoms with E-state index in [1.54, 1.807) is 12.1 Å².